The van der Waals surface area contributed by atoms with E-state index in [1.54, 1.807) is 0 Å². The maximum absolute atomic E-state index is 12.6. The number of nitrogens with one attached hydrogen (secondary N) is 1. The van der Waals surface area contributed by atoms with Gasteiger partial charge in [-0.2, -0.15) is 5.26 Å². The summed E-state index contributed by atoms with van der Waals surface area (Å²) in [5.74, 6) is 1.04. The van der Waals surface area contributed by atoms with Gasteiger partial charge in [0.05, 0.1) is 11.1 Å². The molecule has 0 spiro atoms. The largest absolute Gasteiger partial charge is 0.352 e. The number of carbonyl (C=O) groups excluding carboxylic acids is 1. The van der Waals surface area contributed by atoms with Crippen LogP contribution in [0.3, 0.4) is 0 Å². The fourth-order valence-corrected chi connectivity index (χ4v) is 3.79. The summed E-state index contributed by atoms with van der Waals surface area (Å²) in [6.07, 6.45) is 1.91. The second-order valence-corrected chi connectivity index (χ2v) is 8.66. The van der Waals surface area contributed by atoms with E-state index < -0.39 is 0 Å². The van der Waals surface area contributed by atoms with E-state index in [4.69, 9.17) is 0 Å². The predicted octanol–water partition coefficient (Wildman–Crippen LogP) is 5.68. The Balaban J connectivity index is 2.20. The van der Waals surface area contributed by atoms with Crippen molar-refractivity contribution < 1.29 is 4.79 Å². The third-order valence-electron chi connectivity index (χ3n) is 4.17. The topological polar surface area (TPSA) is 52.9 Å². The Kier molecular flexibility index (Phi) is 7.94. The van der Waals surface area contributed by atoms with Crippen LogP contribution < -0.4 is 5.32 Å². The minimum atomic E-state index is -0.0614. The van der Waals surface area contributed by atoms with E-state index in [0.717, 1.165) is 22.6 Å². The van der Waals surface area contributed by atoms with E-state index in [9.17, 15) is 10.1 Å². The zero-order valence-electron chi connectivity index (χ0n) is 16.6. The maximum atomic E-state index is 12.6. The van der Waals surface area contributed by atoms with Crippen LogP contribution >= 0.6 is 11.8 Å². The standard InChI is InChI=1S/C23H28N2OS/c1-16(2)11-12-25-23(26)20-7-5-6-8-22(20)27-21-10-9-18(13-17(3)4)14-19(21)15-24/h5-10,14,16-17H,11-13H2,1-4H3,(H,25,26). The van der Waals surface area contributed by atoms with Gasteiger partial charge in [0.2, 0.25) is 0 Å². The normalized spacial score (nSPS) is 10.9. The average molecular weight is 381 g/mol. The smallest absolute Gasteiger partial charge is 0.252 e. The molecule has 0 atom stereocenters. The molecule has 3 nitrogen and oxygen atoms in total. The molecular weight excluding hydrogens is 352 g/mol. The third-order valence-corrected chi connectivity index (χ3v) is 5.32. The van der Waals surface area contributed by atoms with Gasteiger partial charge in [0.1, 0.15) is 6.07 Å². The Hall–Kier alpha value is -2.25. The van der Waals surface area contributed by atoms with E-state index in [2.05, 4.69) is 45.1 Å². The number of nitriles is 1. The molecule has 27 heavy (non-hydrogen) atoms. The molecule has 0 aliphatic carbocycles. The molecule has 0 fully saturated rings. The first-order chi connectivity index (χ1) is 12.9. The van der Waals surface area contributed by atoms with Crippen LogP contribution in [0.5, 0.6) is 0 Å². The molecule has 1 N–H and O–H groups in total. The molecule has 0 aliphatic rings. The van der Waals surface area contributed by atoms with Gasteiger partial charge in [-0.25, -0.2) is 0 Å². The Labute approximate surface area is 167 Å². The molecule has 4 heteroatoms. The van der Waals surface area contributed by atoms with Crippen LogP contribution in [0.25, 0.3) is 0 Å². The van der Waals surface area contributed by atoms with Gasteiger partial charge in [-0.3, -0.25) is 4.79 Å². The van der Waals surface area contributed by atoms with Gasteiger partial charge in [0.15, 0.2) is 0 Å². The van der Waals surface area contributed by atoms with Crippen LogP contribution in [-0.2, 0) is 6.42 Å². The minimum absolute atomic E-state index is 0.0614. The summed E-state index contributed by atoms with van der Waals surface area (Å²) < 4.78 is 0. The summed E-state index contributed by atoms with van der Waals surface area (Å²) >= 11 is 1.48. The molecule has 0 saturated heterocycles. The molecule has 0 aliphatic heterocycles. The predicted molar refractivity (Wildman–Crippen MR) is 112 cm³/mol. The maximum Gasteiger partial charge on any atom is 0.252 e. The van der Waals surface area contributed by atoms with Crippen LogP contribution in [0.2, 0.25) is 0 Å². The highest BCUT2D eigenvalue weighted by Gasteiger charge is 2.14. The molecule has 0 aromatic heterocycles. The van der Waals surface area contributed by atoms with Gasteiger partial charge in [-0.15, -0.1) is 0 Å². The van der Waals surface area contributed by atoms with E-state index in [-0.39, 0.29) is 5.91 Å². The molecule has 0 saturated carbocycles. The van der Waals surface area contributed by atoms with Gasteiger partial charge in [-0.05, 0) is 54.5 Å². The average Bonchev–Trinajstić information content (AvgIpc) is 2.62. The number of carbonyl (C=O) groups is 1. The molecule has 0 heterocycles. The van der Waals surface area contributed by atoms with Gasteiger partial charge >= 0.3 is 0 Å². The molecular formula is C23H28N2OS. The molecule has 0 radical (unpaired) electrons. The number of hydrogen-bond donors (Lipinski definition) is 1. The van der Waals surface area contributed by atoms with E-state index in [0.29, 0.717) is 29.5 Å². The number of benzene rings is 2. The van der Waals surface area contributed by atoms with Crippen molar-refractivity contribution in [2.45, 2.75) is 50.3 Å². The monoisotopic (exact) mass is 380 g/mol. The highest BCUT2D eigenvalue weighted by atomic mass is 32.2. The third kappa shape index (κ3) is 6.45. The summed E-state index contributed by atoms with van der Waals surface area (Å²) in [4.78, 5) is 14.3. The van der Waals surface area contributed by atoms with Crippen molar-refractivity contribution >= 4 is 17.7 Å². The first-order valence-corrected chi connectivity index (χ1v) is 10.3. The Morgan fingerprint density at radius 3 is 2.48 bits per heavy atom. The van der Waals surface area contributed by atoms with Crippen molar-refractivity contribution in [2.24, 2.45) is 11.8 Å². The highest BCUT2D eigenvalue weighted by Crippen LogP contribution is 2.33. The number of rotatable bonds is 8. The fourth-order valence-electron chi connectivity index (χ4n) is 2.78. The van der Waals surface area contributed by atoms with Crippen molar-refractivity contribution in [1.29, 1.82) is 5.26 Å². The molecule has 2 aromatic rings. The summed E-state index contributed by atoms with van der Waals surface area (Å²) in [5, 5.41) is 12.6. The Morgan fingerprint density at radius 2 is 1.81 bits per heavy atom. The Bertz CT molecular complexity index is 821. The van der Waals surface area contributed by atoms with Crippen LogP contribution in [0, 0.1) is 23.2 Å². The van der Waals surface area contributed by atoms with Crippen molar-refractivity contribution in [3.05, 3.63) is 59.2 Å². The molecule has 0 unspecified atom stereocenters. The molecule has 1 amide bonds. The van der Waals surface area contributed by atoms with Gasteiger partial charge in [0.25, 0.3) is 5.91 Å². The lowest BCUT2D eigenvalue weighted by molar-refractivity contribution is 0.0949. The highest BCUT2D eigenvalue weighted by molar-refractivity contribution is 7.99. The van der Waals surface area contributed by atoms with Crippen molar-refractivity contribution in [2.75, 3.05) is 6.54 Å². The van der Waals surface area contributed by atoms with Crippen molar-refractivity contribution in [1.82, 2.24) is 5.32 Å². The van der Waals surface area contributed by atoms with Crippen molar-refractivity contribution in [3.63, 3.8) is 0 Å². The van der Waals surface area contributed by atoms with Gasteiger partial charge in [0, 0.05) is 16.3 Å². The first-order valence-electron chi connectivity index (χ1n) is 9.48. The molecule has 0 bridgehead atoms. The second kappa shape index (κ2) is 10.2. The lowest BCUT2D eigenvalue weighted by atomic mass is 10.0. The van der Waals surface area contributed by atoms with E-state index >= 15 is 0 Å². The van der Waals surface area contributed by atoms with E-state index in [1.807, 2.05) is 36.4 Å². The summed E-state index contributed by atoms with van der Waals surface area (Å²) in [6, 6.07) is 15.9. The summed E-state index contributed by atoms with van der Waals surface area (Å²) in [6.45, 7) is 9.29. The fraction of sp³-hybridized carbons (Fsp3) is 0.391. The van der Waals surface area contributed by atoms with Gasteiger partial charge in [-0.1, -0.05) is 57.7 Å². The lowest BCUT2D eigenvalue weighted by Gasteiger charge is -2.12. The Morgan fingerprint density at radius 1 is 1.07 bits per heavy atom. The summed E-state index contributed by atoms with van der Waals surface area (Å²) in [7, 11) is 0. The quantitative estimate of drug-likeness (QED) is 0.640. The zero-order chi connectivity index (χ0) is 19.8. The van der Waals surface area contributed by atoms with Gasteiger partial charge < -0.3 is 5.32 Å². The lowest BCUT2D eigenvalue weighted by Crippen LogP contribution is -2.25. The molecule has 2 rings (SSSR count). The second-order valence-electron chi connectivity index (χ2n) is 7.58. The first kappa shape index (κ1) is 21.1. The van der Waals surface area contributed by atoms with Crippen molar-refractivity contribution in [3.8, 4) is 6.07 Å². The number of amides is 1. The van der Waals surface area contributed by atoms with Crippen LogP contribution in [0.15, 0.2) is 52.3 Å². The number of hydrogen-bond acceptors (Lipinski definition) is 3. The van der Waals surface area contributed by atoms with Crippen LogP contribution in [-0.4, -0.2) is 12.5 Å². The minimum Gasteiger partial charge on any atom is -0.352 e. The van der Waals surface area contributed by atoms with E-state index in [1.165, 1.54) is 17.3 Å². The molecule has 2 aromatic carbocycles. The van der Waals surface area contributed by atoms with Crippen LogP contribution in [0.4, 0.5) is 0 Å². The zero-order valence-corrected chi connectivity index (χ0v) is 17.4. The summed E-state index contributed by atoms with van der Waals surface area (Å²) in [5.41, 5.74) is 2.49. The number of nitrogens with zero attached hydrogens (tertiary/aromatic N) is 1. The molecule has 142 valence electrons. The van der Waals surface area contributed by atoms with Crippen LogP contribution in [0.1, 0.15) is 55.6 Å². The SMILES string of the molecule is CC(C)CCNC(=O)c1ccccc1Sc1ccc(CC(C)C)cc1C#N.